The number of amides is 1. The maximum Gasteiger partial charge on any atom is 0.300 e. The Balaban J connectivity index is 1.69. The number of hydrogen-bond donors (Lipinski definition) is 3. The smallest absolute Gasteiger partial charge is 0.300 e. The molecule has 0 radical (unpaired) electrons. The van der Waals surface area contributed by atoms with Crippen LogP contribution in [0.1, 0.15) is 15.9 Å². The van der Waals surface area contributed by atoms with Gasteiger partial charge in [-0.25, -0.2) is 13.6 Å². The van der Waals surface area contributed by atoms with Crippen molar-refractivity contribution in [1.82, 2.24) is 9.88 Å². The number of sulfonamides is 1. The van der Waals surface area contributed by atoms with E-state index in [0.717, 1.165) is 28.9 Å². The molecule has 0 saturated heterocycles. The highest BCUT2D eigenvalue weighted by atomic mass is 32.2. The SMILES string of the molecule is CN(C)CCc1cc(C(N)=O)ccc1Nc1nc2cccc(-c3ccc(S(N)(=O)=O)cc3)c2o1. The Bertz CT molecular complexity index is 1460. The molecule has 4 aromatic rings. The fraction of sp³-hybridized carbons (Fsp3) is 0.167. The minimum atomic E-state index is -3.78. The molecule has 0 spiro atoms. The first kappa shape index (κ1) is 23.4. The summed E-state index contributed by atoms with van der Waals surface area (Å²) in [6.45, 7) is 0.781. The molecule has 0 unspecified atom stereocenters. The van der Waals surface area contributed by atoms with Crippen LogP contribution in [-0.2, 0) is 16.4 Å². The molecule has 0 bridgehead atoms. The minimum absolute atomic E-state index is 0.0352. The number of anilines is 2. The van der Waals surface area contributed by atoms with E-state index >= 15 is 0 Å². The van der Waals surface area contributed by atoms with Crippen molar-refractivity contribution in [3.8, 4) is 11.1 Å². The van der Waals surface area contributed by atoms with Crippen molar-refractivity contribution in [2.75, 3.05) is 26.0 Å². The summed E-state index contributed by atoms with van der Waals surface area (Å²) in [5.74, 6) is -0.488. The maximum atomic E-state index is 11.6. The molecule has 0 saturated carbocycles. The Labute approximate surface area is 197 Å². The monoisotopic (exact) mass is 479 g/mol. The van der Waals surface area contributed by atoms with Gasteiger partial charge in [-0.05, 0) is 68.0 Å². The first-order chi connectivity index (χ1) is 16.1. The zero-order valence-corrected chi connectivity index (χ0v) is 19.6. The first-order valence-corrected chi connectivity index (χ1v) is 12.0. The Hall–Kier alpha value is -3.73. The van der Waals surface area contributed by atoms with Crippen LogP contribution in [0.25, 0.3) is 22.2 Å². The van der Waals surface area contributed by atoms with Crippen LogP contribution in [0.4, 0.5) is 11.7 Å². The van der Waals surface area contributed by atoms with E-state index in [9.17, 15) is 13.2 Å². The van der Waals surface area contributed by atoms with Crippen molar-refractivity contribution in [2.24, 2.45) is 10.9 Å². The van der Waals surface area contributed by atoms with Gasteiger partial charge in [-0.2, -0.15) is 4.98 Å². The third-order valence-electron chi connectivity index (χ3n) is 5.37. The highest BCUT2D eigenvalue weighted by Gasteiger charge is 2.15. The average Bonchev–Trinajstić information content (AvgIpc) is 3.20. The summed E-state index contributed by atoms with van der Waals surface area (Å²) in [6.07, 6.45) is 0.693. The lowest BCUT2D eigenvalue weighted by molar-refractivity contribution is 0.1000. The lowest BCUT2D eigenvalue weighted by Crippen LogP contribution is -2.17. The van der Waals surface area contributed by atoms with E-state index in [1.807, 2.05) is 37.2 Å². The zero-order chi connectivity index (χ0) is 24.5. The van der Waals surface area contributed by atoms with Crippen LogP contribution < -0.4 is 16.2 Å². The Morgan fingerprint density at radius 1 is 1.09 bits per heavy atom. The van der Waals surface area contributed by atoms with Crippen molar-refractivity contribution in [2.45, 2.75) is 11.3 Å². The molecule has 0 aliphatic carbocycles. The summed E-state index contributed by atoms with van der Waals surface area (Å²) in [5, 5.41) is 8.41. The van der Waals surface area contributed by atoms with Gasteiger partial charge >= 0.3 is 0 Å². The van der Waals surface area contributed by atoms with E-state index in [1.54, 1.807) is 30.3 Å². The number of carbonyl (C=O) groups is 1. The van der Waals surface area contributed by atoms with Crippen LogP contribution in [0, 0.1) is 0 Å². The summed E-state index contributed by atoms with van der Waals surface area (Å²) in [5.41, 5.74) is 10.3. The van der Waals surface area contributed by atoms with Gasteiger partial charge in [-0.3, -0.25) is 4.79 Å². The van der Waals surface area contributed by atoms with Gasteiger partial charge in [0, 0.05) is 23.4 Å². The quantitative estimate of drug-likeness (QED) is 0.352. The molecule has 34 heavy (non-hydrogen) atoms. The van der Waals surface area contributed by atoms with Gasteiger partial charge in [0.2, 0.25) is 15.9 Å². The average molecular weight is 480 g/mol. The number of nitrogens with one attached hydrogen (secondary N) is 1. The standard InChI is InChI=1S/C24H25N5O4S/c1-29(2)13-12-16-14-17(23(25)30)8-11-20(16)27-24-28-21-5-3-4-19(22(21)33-24)15-6-9-18(10-7-15)34(26,31)32/h3-11,14H,12-13H2,1-2H3,(H2,25,30)(H,27,28)(H2,26,31,32). The molecule has 5 N–H and O–H groups in total. The molecule has 0 aliphatic rings. The normalized spacial score (nSPS) is 11.8. The topological polar surface area (TPSA) is 145 Å². The van der Waals surface area contributed by atoms with Gasteiger partial charge < -0.3 is 20.4 Å². The predicted molar refractivity (Wildman–Crippen MR) is 131 cm³/mol. The zero-order valence-electron chi connectivity index (χ0n) is 18.8. The summed E-state index contributed by atoms with van der Waals surface area (Å²) >= 11 is 0. The molecule has 0 fully saturated rings. The molecule has 10 heteroatoms. The van der Waals surface area contributed by atoms with E-state index in [2.05, 4.69) is 10.3 Å². The van der Waals surface area contributed by atoms with Gasteiger partial charge in [0.1, 0.15) is 5.52 Å². The van der Waals surface area contributed by atoms with Crippen LogP contribution in [-0.4, -0.2) is 44.8 Å². The fourth-order valence-corrected chi connectivity index (χ4v) is 4.10. The van der Waals surface area contributed by atoms with E-state index in [1.165, 1.54) is 12.1 Å². The second-order valence-corrected chi connectivity index (χ2v) is 9.72. The van der Waals surface area contributed by atoms with Crippen LogP contribution >= 0.6 is 0 Å². The number of primary amides is 1. The van der Waals surface area contributed by atoms with Crippen LogP contribution in [0.2, 0.25) is 0 Å². The summed E-state index contributed by atoms with van der Waals surface area (Å²) < 4.78 is 29.2. The summed E-state index contributed by atoms with van der Waals surface area (Å²) in [4.78, 5) is 18.3. The van der Waals surface area contributed by atoms with Gasteiger partial charge in [0.05, 0.1) is 4.90 Å². The molecule has 1 aromatic heterocycles. The number of nitrogens with two attached hydrogens (primary N) is 2. The second-order valence-electron chi connectivity index (χ2n) is 8.16. The van der Waals surface area contributed by atoms with E-state index in [-0.39, 0.29) is 4.90 Å². The maximum absolute atomic E-state index is 11.6. The van der Waals surface area contributed by atoms with Crippen molar-refractivity contribution in [1.29, 1.82) is 0 Å². The Morgan fingerprint density at radius 2 is 1.82 bits per heavy atom. The highest BCUT2D eigenvalue weighted by molar-refractivity contribution is 7.89. The molecule has 1 heterocycles. The van der Waals surface area contributed by atoms with Crippen LogP contribution in [0.5, 0.6) is 0 Å². The number of aromatic nitrogens is 1. The largest absolute Gasteiger partial charge is 0.423 e. The molecule has 9 nitrogen and oxygen atoms in total. The second kappa shape index (κ2) is 9.26. The fourth-order valence-electron chi connectivity index (χ4n) is 3.59. The molecule has 3 aromatic carbocycles. The third kappa shape index (κ3) is 5.09. The number of benzene rings is 3. The van der Waals surface area contributed by atoms with Gasteiger partial charge in [-0.1, -0.05) is 24.3 Å². The molecule has 0 aliphatic heterocycles. The van der Waals surface area contributed by atoms with Gasteiger partial charge in [0.15, 0.2) is 5.58 Å². The summed E-state index contributed by atoms with van der Waals surface area (Å²) in [6, 6.07) is 17.3. The van der Waals surface area contributed by atoms with E-state index < -0.39 is 15.9 Å². The lowest BCUT2D eigenvalue weighted by Gasteiger charge is -2.14. The van der Waals surface area contributed by atoms with Crippen LogP contribution in [0.3, 0.4) is 0 Å². The van der Waals surface area contributed by atoms with Crippen LogP contribution in [0.15, 0.2) is 70.0 Å². The molecule has 176 valence electrons. The number of rotatable bonds is 8. The number of nitrogens with zero attached hydrogens (tertiary/aromatic N) is 2. The number of carbonyl (C=O) groups excluding carboxylic acids is 1. The highest BCUT2D eigenvalue weighted by Crippen LogP contribution is 2.32. The molecular formula is C24H25N5O4S. The number of para-hydroxylation sites is 1. The van der Waals surface area contributed by atoms with Crippen molar-refractivity contribution in [3.05, 3.63) is 71.8 Å². The molecular weight excluding hydrogens is 454 g/mol. The number of primary sulfonamides is 1. The lowest BCUT2D eigenvalue weighted by atomic mass is 10.0. The number of hydrogen-bond acceptors (Lipinski definition) is 7. The third-order valence-corrected chi connectivity index (χ3v) is 6.30. The molecule has 1 amide bonds. The van der Waals surface area contributed by atoms with Gasteiger partial charge in [-0.15, -0.1) is 0 Å². The van der Waals surface area contributed by atoms with E-state index in [0.29, 0.717) is 29.1 Å². The van der Waals surface area contributed by atoms with Crippen molar-refractivity contribution in [3.63, 3.8) is 0 Å². The van der Waals surface area contributed by atoms with E-state index in [4.69, 9.17) is 15.3 Å². The number of oxazole rings is 1. The minimum Gasteiger partial charge on any atom is -0.423 e. The number of likely N-dealkylation sites (N-methyl/N-ethyl adjacent to an activating group) is 1. The number of fused-ring (bicyclic) bond motifs is 1. The first-order valence-electron chi connectivity index (χ1n) is 10.5. The summed E-state index contributed by atoms with van der Waals surface area (Å²) in [7, 11) is 0.175. The Morgan fingerprint density at radius 3 is 2.47 bits per heavy atom. The Kier molecular flexibility index (Phi) is 6.38. The predicted octanol–water partition coefficient (Wildman–Crippen LogP) is 3.09. The molecule has 0 atom stereocenters. The van der Waals surface area contributed by atoms with Crippen molar-refractivity contribution < 1.29 is 17.6 Å². The van der Waals surface area contributed by atoms with Gasteiger partial charge in [0.25, 0.3) is 6.01 Å². The van der Waals surface area contributed by atoms with Crippen molar-refractivity contribution >= 4 is 38.7 Å². The molecule has 4 rings (SSSR count).